The van der Waals surface area contributed by atoms with E-state index in [2.05, 4.69) is 20.1 Å². The van der Waals surface area contributed by atoms with Crippen molar-refractivity contribution < 1.29 is 18.0 Å². The van der Waals surface area contributed by atoms with Crippen LogP contribution in [0, 0.1) is 18.7 Å². The molecule has 1 fully saturated rings. The number of pyridine rings is 1. The average molecular weight is 404 g/mol. The van der Waals surface area contributed by atoms with Crippen LogP contribution >= 0.6 is 0 Å². The van der Waals surface area contributed by atoms with Gasteiger partial charge in [0.2, 0.25) is 0 Å². The van der Waals surface area contributed by atoms with E-state index in [9.17, 15) is 18.0 Å². The summed E-state index contributed by atoms with van der Waals surface area (Å²) in [5.74, 6) is -0.801. The summed E-state index contributed by atoms with van der Waals surface area (Å²) in [7, 11) is 0. The summed E-state index contributed by atoms with van der Waals surface area (Å²) in [4.78, 5) is 26.4. The first kappa shape index (κ1) is 19.3. The number of alkyl halides is 2. The van der Waals surface area contributed by atoms with E-state index >= 15 is 0 Å². The van der Waals surface area contributed by atoms with E-state index in [1.165, 1.54) is 36.0 Å². The van der Waals surface area contributed by atoms with Gasteiger partial charge in [-0.25, -0.2) is 27.7 Å². The number of carbonyl (C=O) groups excluding carboxylic acids is 1. The Labute approximate surface area is 164 Å². The third kappa shape index (κ3) is 3.54. The molecule has 2 atom stereocenters. The van der Waals surface area contributed by atoms with Crippen molar-refractivity contribution in [2.75, 3.05) is 13.1 Å². The van der Waals surface area contributed by atoms with Crippen molar-refractivity contribution in [1.29, 1.82) is 0 Å². The van der Waals surface area contributed by atoms with Crippen LogP contribution in [0.15, 0.2) is 24.5 Å². The van der Waals surface area contributed by atoms with Gasteiger partial charge in [0.05, 0.1) is 11.4 Å². The van der Waals surface area contributed by atoms with E-state index in [0.717, 1.165) is 0 Å². The Balaban J connectivity index is 1.68. The summed E-state index contributed by atoms with van der Waals surface area (Å²) < 4.78 is 41.6. The lowest BCUT2D eigenvalue weighted by molar-refractivity contribution is 0.0659. The molecule has 4 heterocycles. The van der Waals surface area contributed by atoms with Crippen LogP contribution < -0.4 is 0 Å². The maximum Gasteiger partial charge on any atom is 0.280 e. The summed E-state index contributed by atoms with van der Waals surface area (Å²) in [6, 6.07) is 3.91. The SMILES string of the molecule is Cc1nc(C(=O)N2CC[C@@H](C)C(c3cc(C(F)F)nc4ncnn34)C2)ccc1F. The lowest BCUT2D eigenvalue weighted by atomic mass is 9.84. The molecule has 152 valence electrons. The fourth-order valence-electron chi connectivity index (χ4n) is 3.69. The van der Waals surface area contributed by atoms with Gasteiger partial charge in [-0.2, -0.15) is 10.1 Å². The van der Waals surface area contributed by atoms with Crippen LogP contribution in [0.5, 0.6) is 0 Å². The summed E-state index contributed by atoms with van der Waals surface area (Å²) in [6.07, 6.45) is -0.791. The number of aryl methyl sites for hydroxylation is 1. The first-order valence-electron chi connectivity index (χ1n) is 9.26. The zero-order valence-electron chi connectivity index (χ0n) is 15.9. The van der Waals surface area contributed by atoms with Gasteiger partial charge in [-0.1, -0.05) is 6.92 Å². The van der Waals surface area contributed by atoms with E-state index in [-0.39, 0.29) is 40.6 Å². The van der Waals surface area contributed by atoms with E-state index in [1.807, 2.05) is 6.92 Å². The van der Waals surface area contributed by atoms with Crippen molar-refractivity contribution >= 4 is 11.7 Å². The number of carbonyl (C=O) groups is 1. The molecule has 1 saturated heterocycles. The van der Waals surface area contributed by atoms with Crippen molar-refractivity contribution in [2.45, 2.75) is 32.6 Å². The molecule has 10 heteroatoms. The summed E-state index contributed by atoms with van der Waals surface area (Å²) >= 11 is 0. The molecule has 0 N–H and O–H groups in total. The highest BCUT2D eigenvalue weighted by Gasteiger charge is 2.33. The number of aromatic nitrogens is 5. The first-order chi connectivity index (χ1) is 13.8. The van der Waals surface area contributed by atoms with Gasteiger partial charge in [0, 0.05) is 19.0 Å². The molecule has 7 nitrogen and oxygen atoms in total. The minimum Gasteiger partial charge on any atom is -0.337 e. The van der Waals surface area contributed by atoms with Gasteiger partial charge in [0.1, 0.15) is 23.5 Å². The molecule has 1 aliphatic heterocycles. The Kier molecular flexibility index (Phi) is 4.93. The zero-order valence-corrected chi connectivity index (χ0v) is 15.9. The van der Waals surface area contributed by atoms with Crippen LogP contribution in [-0.2, 0) is 0 Å². The molecule has 0 aromatic carbocycles. The molecule has 1 aliphatic rings. The molecule has 0 bridgehead atoms. The predicted octanol–water partition coefficient (Wildman–Crippen LogP) is 3.17. The van der Waals surface area contributed by atoms with E-state index in [4.69, 9.17) is 0 Å². The molecular weight excluding hydrogens is 385 g/mol. The minimum atomic E-state index is -2.74. The summed E-state index contributed by atoms with van der Waals surface area (Å²) in [5.41, 5.74) is 0.479. The molecular formula is C19H19F3N6O. The van der Waals surface area contributed by atoms with Gasteiger partial charge in [0.25, 0.3) is 18.1 Å². The Morgan fingerprint density at radius 1 is 1.28 bits per heavy atom. The molecule has 1 unspecified atom stereocenters. The van der Waals surface area contributed by atoms with Crippen LogP contribution in [-0.4, -0.2) is 48.5 Å². The number of piperidine rings is 1. The maximum atomic E-state index is 13.5. The standard InChI is InChI=1S/C19H19F3N6O/c1-10-5-6-27(18(29)14-4-3-13(20)11(2)25-14)8-12(10)16-7-15(17(21)22)26-19-23-9-24-28(16)19/h3-4,7,9-10,12,17H,5-6,8H2,1-2H3/t10-,12?/m1/s1. The van der Waals surface area contributed by atoms with Crippen molar-refractivity contribution in [2.24, 2.45) is 5.92 Å². The summed E-state index contributed by atoms with van der Waals surface area (Å²) in [6.45, 7) is 4.32. The quantitative estimate of drug-likeness (QED) is 0.670. The molecule has 0 aliphatic carbocycles. The number of amides is 1. The second kappa shape index (κ2) is 7.41. The van der Waals surface area contributed by atoms with Crippen LogP contribution in [0.4, 0.5) is 13.2 Å². The highest BCUT2D eigenvalue weighted by molar-refractivity contribution is 5.92. The molecule has 3 aromatic heterocycles. The van der Waals surface area contributed by atoms with Crippen LogP contribution in [0.25, 0.3) is 5.78 Å². The van der Waals surface area contributed by atoms with E-state index in [1.54, 1.807) is 4.90 Å². The number of hydrogen-bond acceptors (Lipinski definition) is 5. The lowest BCUT2D eigenvalue weighted by Crippen LogP contribution is -2.43. The number of nitrogens with zero attached hydrogens (tertiary/aromatic N) is 6. The first-order valence-corrected chi connectivity index (χ1v) is 9.26. The van der Waals surface area contributed by atoms with Crippen molar-refractivity contribution in [3.8, 4) is 0 Å². The second-order valence-corrected chi connectivity index (χ2v) is 7.27. The number of halogens is 3. The third-order valence-electron chi connectivity index (χ3n) is 5.39. The molecule has 1 amide bonds. The van der Waals surface area contributed by atoms with Gasteiger partial charge in [-0.05, 0) is 37.5 Å². The molecule has 3 aromatic rings. The van der Waals surface area contributed by atoms with Crippen molar-refractivity contribution in [3.05, 3.63) is 53.1 Å². The van der Waals surface area contributed by atoms with Crippen LogP contribution in [0.2, 0.25) is 0 Å². The fourth-order valence-corrected chi connectivity index (χ4v) is 3.69. The highest BCUT2D eigenvalue weighted by Crippen LogP contribution is 2.34. The van der Waals surface area contributed by atoms with Gasteiger partial charge < -0.3 is 4.90 Å². The Hall–Kier alpha value is -3.04. The topological polar surface area (TPSA) is 76.3 Å². The van der Waals surface area contributed by atoms with E-state index < -0.39 is 12.2 Å². The zero-order chi connectivity index (χ0) is 20.7. The Morgan fingerprint density at radius 3 is 2.79 bits per heavy atom. The second-order valence-electron chi connectivity index (χ2n) is 7.27. The lowest BCUT2D eigenvalue weighted by Gasteiger charge is -2.37. The summed E-state index contributed by atoms with van der Waals surface area (Å²) in [5, 5.41) is 4.12. The van der Waals surface area contributed by atoms with Crippen molar-refractivity contribution in [1.82, 2.24) is 29.5 Å². The van der Waals surface area contributed by atoms with E-state index in [0.29, 0.717) is 25.2 Å². The fraction of sp³-hybridized carbons (Fsp3) is 0.421. The normalized spacial score (nSPS) is 19.9. The molecule has 0 saturated carbocycles. The largest absolute Gasteiger partial charge is 0.337 e. The molecule has 0 radical (unpaired) electrons. The van der Waals surface area contributed by atoms with Crippen molar-refractivity contribution in [3.63, 3.8) is 0 Å². The smallest absolute Gasteiger partial charge is 0.280 e. The Bertz CT molecular complexity index is 1070. The molecule has 0 spiro atoms. The number of fused-ring (bicyclic) bond motifs is 1. The maximum absolute atomic E-state index is 13.5. The number of likely N-dealkylation sites (tertiary alicyclic amines) is 1. The molecule has 4 rings (SSSR count). The predicted molar refractivity (Wildman–Crippen MR) is 97.1 cm³/mol. The minimum absolute atomic E-state index is 0.101. The Morgan fingerprint density at radius 2 is 2.07 bits per heavy atom. The number of hydrogen-bond donors (Lipinski definition) is 0. The van der Waals surface area contributed by atoms with Gasteiger partial charge in [0.15, 0.2) is 0 Å². The van der Waals surface area contributed by atoms with Crippen LogP contribution in [0.1, 0.15) is 53.3 Å². The third-order valence-corrected chi connectivity index (χ3v) is 5.39. The average Bonchev–Trinajstić information content (AvgIpc) is 3.18. The highest BCUT2D eigenvalue weighted by atomic mass is 19.3. The monoisotopic (exact) mass is 404 g/mol. The van der Waals surface area contributed by atoms with Crippen LogP contribution in [0.3, 0.4) is 0 Å². The van der Waals surface area contributed by atoms with Gasteiger partial charge >= 0.3 is 0 Å². The number of rotatable bonds is 3. The van der Waals surface area contributed by atoms with Gasteiger partial charge in [-0.15, -0.1) is 0 Å². The molecule has 29 heavy (non-hydrogen) atoms. The van der Waals surface area contributed by atoms with Gasteiger partial charge in [-0.3, -0.25) is 4.79 Å².